The second kappa shape index (κ2) is 10.0. The van der Waals surface area contributed by atoms with Crippen LogP contribution in [0.25, 0.3) is 10.8 Å². The van der Waals surface area contributed by atoms with E-state index in [4.69, 9.17) is 16.3 Å². The number of benzene rings is 2. The summed E-state index contributed by atoms with van der Waals surface area (Å²) in [5.74, 6) is 0.000114. The molecule has 1 N–H and O–H groups in total. The van der Waals surface area contributed by atoms with Gasteiger partial charge in [0.05, 0.1) is 0 Å². The number of alkyl halides is 3. The van der Waals surface area contributed by atoms with E-state index in [-0.39, 0.29) is 8.95 Å². The van der Waals surface area contributed by atoms with Gasteiger partial charge in [0.1, 0.15) is 0 Å². The Hall–Kier alpha value is -2.82. The molecule has 0 bridgehead atoms. The van der Waals surface area contributed by atoms with Crippen LogP contribution in [0.1, 0.15) is 15.2 Å². The number of pyridine rings is 2. The molecular weight excluding hydrogens is 582 g/mol. The van der Waals surface area contributed by atoms with Gasteiger partial charge in [0.25, 0.3) is 0 Å². The third kappa shape index (κ3) is 5.10. The van der Waals surface area contributed by atoms with E-state index in [9.17, 15) is 9.18 Å². The maximum atomic E-state index is 14.0. The first kappa shape index (κ1) is 23.9. The van der Waals surface area contributed by atoms with Gasteiger partial charge in [-0.1, -0.05) is 0 Å². The molecule has 5 rings (SSSR count). The number of anilines is 1. The Bertz CT molecular complexity index is 1380. The third-order valence-corrected chi connectivity index (χ3v) is 16.6. The van der Waals surface area contributed by atoms with Gasteiger partial charge in [-0.05, 0) is 0 Å². The van der Waals surface area contributed by atoms with Crippen molar-refractivity contribution < 1.29 is 32.6 Å². The summed E-state index contributed by atoms with van der Waals surface area (Å²) in [6.07, 6.45) is 2.96. The minimum atomic E-state index is -2.82. The molecule has 1 aliphatic rings. The second-order valence-corrected chi connectivity index (χ2v) is 18.1. The Balaban J connectivity index is 1.31. The van der Waals surface area contributed by atoms with Crippen LogP contribution in [0.4, 0.5) is 15.0 Å². The third-order valence-electron chi connectivity index (χ3n) is 6.03. The standard InChI is InChI=1S/C26H24ClFIN4O2/c1-33(16-20-9-6-10-21(28)25(20)27)29(14-22(29)23-11-4-5-12-30-23)17-35-26(34)32-24-13-18-7-2-3-8-19(18)15-31-24/h2-13,15,22H,14,16-17H2,1H3,(H,31,32,34)/q-1/t22-/m0/s1. The summed E-state index contributed by atoms with van der Waals surface area (Å²) in [6, 6.07) is 20.3. The van der Waals surface area contributed by atoms with Crippen molar-refractivity contribution in [1.82, 2.24) is 13.1 Å². The number of carbonyl (C=O) groups is 1. The molecule has 6 nitrogen and oxygen atoms in total. The zero-order chi connectivity index (χ0) is 24.4. The molecule has 1 aliphatic heterocycles. The number of carbonyl (C=O) groups excluding carboxylic acids is 1. The van der Waals surface area contributed by atoms with Gasteiger partial charge in [-0.25, -0.2) is 0 Å². The van der Waals surface area contributed by atoms with Crippen LogP contribution < -0.4 is 24.0 Å². The van der Waals surface area contributed by atoms with Crippen LogP contribution in [0.3, 0.4) is 0 Å². The molecule has 0 aliphatic carbocycles. The number of aromatic nitrogens is 2. The number of hydrogen-bond donors (Lipinski definition) is 1. The van der Waals surface area contributed by atoms with Crippen LogP contribution in [0.2, 0.25) is 5.02 Å². The summed E-state index contributed by atoms with van der Waals surface area (Å²) >= 11 is 3.40. The maximum absolute atomic E-state index is 14.0. The van der Waals surface area contributed by atoms with E-state index in [1.165, 1.54) is 6.07 Å². The van der Waals surface area contributed by atoms with Crippen molar-refractivity contribution in [1.29, 1.82) is 0 Å². The van der Waals surface area contributed by atoms with Crippen molar-refractivity contribution >= 4 is 34.3 Å². The normalized spacial score (nSPS) is 20.9. The van der Waals surface area contributed by atoms with Gasteiger partial charge in [-0.15, -0.1) is 0 Å². The van der Waals surface area contributed by atoms with Gasteiger partial charge in [-0.3, -0.25) is 0 Å². The average molecular weight is 606 g/mol. The summed E-state index contributed by atoms with van der Waals surface area (Å²) in [6.45, 7) is 0.480. The van der Waals surface area contributed by atoms with Crippen LogP contribution in [-0.2, 0) is 11.3 Å². The molecular formula is C26H24ClFIN4O2-. The Morgan fingerprint density at radius 2 is 1.94 bits per heavy atom. The predicted octanol–water partition coefficient (Wildman–Crippen LogP) is 2.89. The average Bonchev–Trinajstić information content (AvgIpc) is 3.62. The van der Waals surface area contributed by atoms with E-state index in [1.54, 1.807) is 18.5 Å². The topological polar surface area (TPSA) is 67.3 Å². The molecule has 1 unspecified atom stereocenters. The number of amides is 1. The summed E-state index contributed by atoms with van der Waals surface area (Å²) in [5.41, 5.74) is 1.72. The fraction of sp³-hybridized carbons (Fsp3) is 0.192. The molecule has 2 atom stereocenters. The van der Waals surface area contributed by atoms with Crippen molar-refractivity contribution in [2.24, 2.45) is 0 Å². The predicted molar refractivity (Wildman–Crippen MR) is 131 cm³/mol. The molecule has 2 aromatic heterocycles. The summed E-state index contributed by atoms with van der Waals surface area (Å²) in [5, 5.41) is 4.85. The van der Waals surface area contributed by atoms with Gasteiger partial charge in [0.2, 0.25) is 0 Å². The first-order chi connectivity index (χ1) is 17.0. The van der Waals surface area contributed by atoms with Gasteiger partial charge < -0.3 is 0 Å². The number of rotatable bonds is 7. The molecule has 4 aromatic rings. The van der Waals surface area contributed by atoms with Crippen LogP contribution >= 0.6 is 11.6 Å². The van der Waals surface area contributed by atoms with Crippen LogP contribution in [-0.4, -0.2) is 35.3 Å². The van der Waals surface area contributed by atoms with Gasteiger partial charge in [0, 0.05) is 0 Å². The Morgan fingerprint density at radius 1 is 1.14 bits per heavy atom. The van der Waals surface area contributed by atoms with Gasteiger partial charge >= 0.3 is 213 Å². The first-order valence-electron chi connectivity index (χ1n) is 11.0. The van der Waals surface area contributed by atoms with E-state index < -0.39 is 30.6 Å². The molecule has 0 spiro atoms. The zero-order valence-corrected chi connectivity index (χ0v) is 21.9. The second-order valence-electron chi connectivity index (χ2n) is 8.27. The van der Waals surface area contributed by atoms with E-state index in [1.807, 2.05) is 61.6 Å². The fourth-order valence-corrected chi connectivity index (χ4v) is 14.8. The molecule has 9 heteroatoms. The summed E-state index contributed by atoms with van der Waals surface area (Å²) in [7, 11) is 2.01. The Kier molecular flexibility index (Phi) is 6.86. The van der Waals surface area contributed by atoms with Crippen molar-refractivity contribution in [3.8, 4) is 0 Å². The van der Waals surface area contributed by atoms with E-state index in [2.05, 4.69) is 18.4 Å². The molecule has 1 fully saturated rings. The number of ether oxygens (including phenoxy) is 1. The molecule has 1 saturated heterocycles. The zero-order valence-electron chi connectivity index (χ0n) is 19.0. The van der Waals surface area contributed by atoms with Crippen LogP contribution in [0.5, 0.6) is 0 Å². The Morgan fingerprint density at radius 3 is 2.74 bits per heavy atom. The summed E-state index contributed by atoms with van der Waals surface area (Å²) < 4.78 is 23.5. The number of hydrogen-bond acceptors (Lipinski definition) is 5. The molecule has 2 aromatic carbocycles. The quantitative estimate of drug-likeness (QED) is 0.200. The van der Waals surface area contributed by atoms with Crippen molar-refractivity contribution in [3.05, 3.63) is 101 Å². The van der Waals surface area contributed by atoms with Crippen molar-refractivity contribution in [2.45, 2.75) is 10.5 Å². The monoisotopic (exact) mass is 605 g/mol. The summed E-state index contributed by atoms with van der Waals surface area (Å²) in [4.78, 5) is 21.6. The van der Waals surface area contributed by atoms with Crippen molar-refractivity contribution in [3.63, 3.8) is 0 Å². The molecule has 0 radical (unpaired) electrons. The molecule has 1 amide bonds. The van der Waals surface area contributed by atoms with E-state index in [0.29, 0.717) is 22.5 Å². The SMILES string of the molecule is CN(Cc1cccc(F)c1Cl)[I-]1(COC(=O)Nc2cc3ccccc3cn2)C[C@H]1c1ccccn1. The molecule has 182 valence electrons. The number of fused-ring (bicyclic) bond motifs is 1. The molecule has 3 heterocycles. The van der Waals surface area contributed by atoms with Gasteiger partial charge in [0.15, 0.2) is 0 Å². The van der Waals surface area contributed by atoms with E-state index in [0.717, 1.165) is 20.9 Å². The number of halogens is 3. The number of nitrogens with zero attached hydrogens (tertiary/aromatic N) is 3. The number of nitrogens with one attached hydrogen (secondary N) is 1. The molecule has 35 heavy (non-hydrogen) atoms. The van der Waals surface area contributed by atoms with E-state index >= 15 is 0 Å². The van der Waals surface area contributed by atoms with Gasteiger partial charge in [-0.2, -0.15) is 0 Å². The van der Waals surface area contributed by atoms with Crippen molar-refractivity contribution in [2.75, 3.05) is 21.4 Å². The molecule has 0 saturated carbocycles. The van der Waals surface area contributed by atoms with Crippen LogP contribution in [0.15, 0.2) is 79.1 Å². The minimum absolute atomic E-state index is 0.131. The first-order valence-corrected chi connectivity index (χ1v) is 16.6. The van der Waals surface area contributed by atoms with Crippen LogP contribution in [0, 0.1) is 5.82 Å². The Labute approximate surface area is 212 Å². The fourth-order valence-electron chi connectivity index (χ4n) is 4.03.